The van der Waals surface area contributed by atoms with Crippen molar-refractivity contribution < 1.29 is 29.0 Å². The van der Waals surface area contributed by atoms with Crippen LogP contribution in [0, 0.1) is 11.3 Å². The van der Waals surface area contributed by atoms with Gasteiger partial charge in [-0.3, -0.25) is 24.5 Å². The Hall–Kier alpha value is -4.27. The number of halogens is 1. The Balaban J connectivity index is 1.24. The highest BCUT2D eigenvalue weighted by Gasteiger charge is 2.47. The van der Waals surface area contributed by atoms with Gasteiger partial charge in [0.2, 0.25) is 29.4 Å². The van der Waals surface area contributed by atoms with Crippen LogP contribution in [-0.4, -0.2) is 97.5 Å². The number of fused-ring (bicyclic) bond motifs is 1. The topological polar surface area (TPSA) is 191 Å². The number of H-pyrrole nitrogens is 1. The molecule has 298 valence electrons. The largest absolute Gasteiger partial charge is 0.472 e. The van der Waals surface area contributed by atoms with Crippen molar-refractivity contribution in [3.05, 3.63) is 47.6 Å². The maximum absolute atomic E-state index is 14.9. The monoisotopic (exact) mass is 778 g/mol. The molecular weight excluding hydrogens is 724 g/mol. The Bertz CT molecular complexity index is 1770. The fourth-order valence-corrected chi connectivity index (χ4v) is 7.80. The zero-order chi connectivity index (χ0) is 39.3. The first-order valence-corrected chi connectivity index (χ1v) is 20.1. The van der Waals surface area contributed by atoms with Crippen LogP contribution in [0.2, 0.25) is 5.02 Å². The molecule has 2 saturated carbocycles. The molecule has 6 rings (SSSR count). The van der Waals surface area contributed by atoms with Crippen molar-refractivity contribution in [2.24, 2.45) is 11.3 Å². The average Bonchev–Trinajstić information content (AvgIpc) is 3.72. The summed E-state index contributed by atoms with van der Waals surface area (Å²) in [6.07, 6.45) is 7.06. The van der Waals surface area contributed by atoms with Gasteiger partial charge in [0.05, 0.1) is 34.7 Å². The number of aliphatic hydroxyl groups excluding tert-OH is 1. The van der Waals surface area contributed by atoms with E-state index in [9.17, 15) is 24.3 Å². The summed E-state index contributed by atoms with van der Waals surface area (Å²) in [6.45, 7) is 7.63. The molecule has 6 N–H and O–H groups in total. The number of carbonyl (C=O) groups excluding carboxylic acids is 4. The normalized spacial score (nSPS) is 21.4. The molecule has 3 aromatic rings. The van der Waals surface area contributed by atoms with Crippen molar-refractivity contribution in [1.82, 2.24) is 35.8 Å². The molecule has 0 spiro atoms. The van der Waals surface area contributed by atoms with Crippen molar-refractivity contribution >= 4 is 52.1 Å². The van der Waals surface area contributed by atoms with Crippen LogP contribution in [0.3, 0.4) is 0 Å². The molecule has 1 saturated heterocycles. The third kappa shape index (κ3) is 10.3. The summed E-state index contributed by atoms with van der Waals surface area (Å²) in [5.74, 6) is -1.26. The second kappa shape index (κ2) is 17.7. The maximum Gasteiger partial charge on any atom is 0.289 e. The van der Waals surface area contributed by atoms with Crippen molar-refractivity contribution in [3.63, 3.8) is 0 Å². The third-order valence-corrected chi connectivity index (χ3v) is 11.1. The Labute approximate surface area is 327 Å². The number of rotatable bonds is 16. The molecule has 0 bridgehead atoms. The zero-order valence-corrected chi connectivity index (χ0v) is 32.9. The molecule has 14 nitrogen and oxygen atoms in total. The number of nitrogens with zero attached hydrogens (tertiary/aromatic N) is 3. The van der Waals surface area contributed by atoms with Gasteiger partial charge in [-0.25, -0.2) is 9.97 Å². The standard InChI is InChI=1S/C40H55ClN8O6/c1-5-11-29(33(50)37(53)43-25-17-18-25)44-35(51)30-20-26(55-31-19-16-24(41)21-42-31)22-49(30)38(54)34(40(2,3)4)48-36(52)32(23-12-7-6-8-13-23)47-39-45-27-14-9-10-15-28(27)46-39/h9-10,14-16,19,21,23,25-26,29-30,32,34-35,44,51H,5-8,11-13,17-18,20,22H2,1-4H3,(H,43,53)(H,48,52)(H2,45,46,47)/t26?,29-,30-,32-,34+,35?/m0/s1. The first-order valence-electron chi connectivity index (χ1n) is 19.7. The van der Waals surface area contributed by atoms with Gasteiger partial charge in [0.15, 0.2) is 0 Å². The van der Waals surface area contributed by atoms with E-state index >= 15 is 0 Å². The quantitative estimate of drug-likeness (QED) is 0.0894. The fraction of sp³-hybridized carbons (Fsp3) is 0.600. The van der Waals surface area contributed by atoms with E-state index in [4.69, 9.17) is 16.3 Å². The molecule has 2 unspecified atom stereocenters. The predicted molar refractivity (Wildman–Crippen MR) is 209 cm³/mol. The van der Waals surface area contributed by atoms with Crippen molar-refractivity contribution in [3.8, 4) is 5.88 Å². The van der Waals surface area contributed by atoms with Gasteiger partial charge < -0.3 is 35.7 Å². The fourth-order valence-electron chi connectivity index (χ4n) is 7.69. The smallest absolute Gasteiger partial charge is 0.289 e. The minimum Gasteiger partial charge on any atom is -0.472 e. The SMILES string of the molecule is CCC[C@H](NC(O)[C@@H]1CC(Oc2ccc(Cl)cn2)CN1C(=O)[C@@H](NC(=O)[C@@H](Nc1nc2ccccc2[nH]1)C1CCCCC1)C(C)(C)C)C(=O)C(=O)NC1CC1. The van der Waals surface area contributed by atoms with Gasteiger partial charge in [-0.05, 0) is 61.6 Å². The number of ketones is 1. The number of aromatic nitrogens is 3. The molecule has 1 aliphatic heterocycles. The van der Waals surface area contributed by atoms with Crippen molar-refractivity contribution in [2.75, 3.05) is 11.9 Å². The number of carbonyl (C=O) groups is 4. The molecule has 55 heavy (non-hydrogen) atoms. The van der Waals surface area contributed by atoms with E-state index in [0.29, 0.717) is 29.7 Å². The number of hydrogen-bond donors (Lipinski definition) is 6. The number of Topliss-reactive ketones (excluding diaryl/α,β-unsaturated/α-hetero) is 1. The number of likely N-dealkylation sites (tertiary alicyclic amines) is 1. The summed E-state index contributed by atoms with van der Waals surface area (Å²) < 4.78 is 6.19. The Morgan fingerprint density at radius 1 is 1.05 bits per heavy atom. The van der Waals surface area contributed by atoms with Gasteiger partial charge in [-0.15, -0.1) is 0 Å². The molecular formula is C40H55ClN8O6. The van der Waals surface area contributed by atoms with Gasteiger partial charge in [0.1, 0.15) is 24.4 Å². The molecule has 3 fully saturated rings. The lowest BCUT2D eigenvalue weighted by Crippen LogP contribution is -2.61. The number of pyridine rings is 1. The molecule has 6 atom stereocenters. The number of nitrogens with one attached hydrogen (secondary N) is 5. The molecule has 3 amide bonds. The van der Waals surface area contributed by atoms with Crippen LogP contribution >= 0.6 is 11.6 Å². The molecule has 2 aliphatic carbocycles. The second-order valence-corrected chi connectivity index (χ2v) is 16.8. The lowest BCUT2D eigenvalue weighted by molar-refractivity contribution is -0.144. The van der Waals surface area contributed by atoms with Gasteiger partial charge >= 0.3 is 0 Å². The van der Waals surface area contributed by atoms with E-state index in [0.717, 1.165) is 56.0 Å². The third-order valence-electron chi connectivity index (χ3n) is 10.8. The van der Waals surface area contributed by atoms with E-state index in [-0.39, 0.29) is 30.8 Å². The van der Waals surface area contributed by atoms with Gasteiger partial charge in [0, 0.05) is 24.7 Å². The van der Waals surface area contributed by atoms with Crippen LogP contribution in [0.25, 0.3) is 11.0 Å². The maximum atomic E-state index is 14.9. The van der Waals surface area contributed by atoms with E-state index in [1.54, 1.807) is 12.1 Å². The zero-order valence-electron chi connectivity index (χ0n) is 32.1. The molecule has 1 aromatic carbocycles. The number of para-hydroxylation sites is 2. The summed E-state index contributed by atoms with van der Waals surface area (Å²) in [6, 6.07) is 7.45. The number of anilines is 1. The van der Waals surface area contributed by atoms with E-state index < -0.39 is 59.5 Å². The number of hydrogen-bond acceptors (Lipinski definition) is 10. The molecule has 3 heterocycles. The lowest BCUT2D eigenvalue weighted by atomic mass is 9.82. The molecule has 3 aliphatic rings. The summed E-state index contributed by atoms with van der Waals surface area (Å²) >= 11 is 6.05. The number of imidazole rings is 1. The number of amides is 3. The number of benzene rings is 1. The highest BCUT2D eigenvalue weighted by Crippen LogP contribution is 2.32. The molecule has 2 aromatic heterocycles. The van der Waals surface area contributed by atoms with Crippen LogP contribution in [-0.2, 0) is 19.2 Å². The minimum atomic E-state index is -1.40. The summed E-state index contributed by atoms with van der Waals surface area (Å²) in [4.78, 5) is 69.1. The highest BCUT2D eigenvalue weighted by molar-refractivity contribution is 6.38. The van der Waals surface area contributed by atoms with E-state index in [2.05, 4.69) is 36.2 Å². The van der Waals surface area contributed by atoms with E-state index in [1.807, 2.05) is 52.0 Å². The van der Waals surface area contributed by atoms with Crippen LogP contribution in [0.4, 0.5) is 5.95 Å². The number of aliphatic hydroxyl groups is 1. The average molecular weight is 779 g/mol. The van der Waals surface area contributed by atoms with Gasteiger partial charge in [-0.1, -0.05) is 77.1 Å². The molecule has 15 heteroatoms. The lowest BCUT2D eigenvalue weighted by Gasteiger charge is -2.38. The number of aromatic amines is 1. The highest BCUT2D eigenvalue weighted by atomic mass is 35.5. The van der Waals surface area contributed by atoms with Crippen LogP contribution in [0.15, 0.2) is 42.6 Å². The van der Waals surface area contributed by atoms with Crippen LogP contribution in [0.5, 0.6) is 5.88 Å². The van der Waals surface area contributed by atoms with Gasteiger partial charge in [-0.2, -0.15) is 0 Å². The Morgan fingerprint density at radius 2 is 1.80 bits per heavy atom. The first-order chi connectivity index (χ1) is 26.3. The Morgan fingerprint density at radius 3 is 2.45 bits per heavy atom. The Kier molecular flexibility index (Phi) is 13.0. The summed E-state index contributed by atoms with van der Waals surface area (Å²) in [7, 11) is 0. The predicted octanol–water partition coefficient (Wildman–Crippen LogP) is 4.48. The minimum absolute atomic E-state index is 0.00199. The van der Waals surface area contributed by atoms with E-state index in [1.165, 1.54) is 11.1 Å². The van der Waals surface area contributed by atoms with Crippen LogP contribution in [0.1, 0.15) is 91.9 Å². The first kappa shape index (κ1) is 40.4. The molecule has 0 radical (unpaired) electrons. The van der Waals surface area contributed by atoms with Crippen molar-refractivity contribution in [2.45, 2.75) is 134 Å². The van der Waals surface area contributed by atoms with Gasteiger partial charge in [0.25, 0.3) is 5.91 Å². The second-order valence-electron chi connectivity index (χ2n) is 16.3. The van der Waals surface area contributed by atoms with Crippen LogP contribution < -0.4 is 26.0 Å². The van der Waals surface area contributed by atoms with Crippen molar-refractivity contribution in [1.29, 1.82) is 0 Å². The number of ether oxygens (including phenoxy) is 1. The summed E-state index contributed by atoms with van der Waals surface area (Å²) in [5.41, 5.74) is 0.879. The summed E-state index contributed by atoms with van der Waals surface area (Å²) in [5, 5.41) is 24.4.